The zero-order valence-electron chi connectivity index (χ0n) is 5.46. The maximum atomic E-state index is 5.80. The molecule has 0 saturated carbocycles. The van der Waals surface area contributed by atoms with Crippen molar-refractivity contribution in [3.8, 4) is 0 Å². The average molecular weight is 278 g/mol. The molecule has 11 heavy (non-hydrogen) atoms. The SMILES string of the molecule is ClC1=CC2=C(I)N=N[C@H]2C=C1. The summed E-state index contributed by atoms with van der Waals surface area (Å²) in [4.78, 5) is 0. The van der Waals surface area contributed by atoms with Gasteiger partial charge in [0.15, 0.2) is 0 Å². The molecular formula is C7H4ClIN2. The van der Waals surface area contributed by atoms with E-state index in [9.17, 15) is 0 Å². The minimum Gasteiger partial charge on any atom is -0.176 e. The molecule has 0 unspecified atom stereocenters. The van der Waals surface area contributed by atoms with Gasteiger partial charge in [-0.05, 0) is 34.7 Å². The van der Waals surface area contributed by atoms with E-state index in [1.807, 2.05) is 18.2 Å². The zero-order chi connectivity index (χ0) is 7.84. The van der Waals surface area contributed by atoms with Gasteiger partial charge in [0.1, 0.15) is 9.75 Å². The lowest BCUT2D eigenvalue weighted by Crippen LogP contribution is -2.02. The first kappa shape index (κ1) is 7.49. The largest absolute Gasteiger partial charge is 0.176 e. The zero-order valence-corrected chi connectivity index (χ0v) is 8.37. The van der Waals surface area contributed by atoms with Crippen molar-refractivity contribution < 1.29 is 0 Å². The van der Waals surface area contributed by atoms with Gasteiger partial charge in [-0.25, -0.2) is 0 Å². The van der Waals surface area contributed by atoms with Crippen molar-refractivity contribution in [2.45, 2.75) is 6.04 Å². The van der Waals surface area contributed by atoms with E-state index in [1.54, 1.807) is 0 Å². The summed E-state index contributed by atoms with van der Waals surface area (Å²) in [6.07, 6.45) is 5.71. The molecule has 1 aliphatic carbocycles. The third kappa shape index (κ3) is 1.27. The minimum atomic E-state index is 0.115. The lowest BCUT2D eigenvalue weighted by Gasteiger charge is -2.06. The highest BCUT2D eigenvalue weighted by molar-refractivity contribution is 14.1. The Morgan fingerprint density at radius 1 is 1.55 bits per heavy atom. The first-order valence-electron chi connectivity index (χ1n) is 3.13. The molecule has 1 heterocycles. The molecule has 0 aromatic carbocycles. The van der Waals surface area contributed by atoms with Gasteiger partial charge in [-0.15, -0.1) is 5.11 Å². The van der Waals surface area contributed by atoms with Gasteiger partial charge < -0.3 is 0 Å². The molecule has 0 saturated heterocycles. The molecule has 0 fully saturated rings. The van der Waals surface area contributed by atoms with Crippen LogP contribution in [0.4, 0.5) is 0 Å². The van der Waals surface area contributed by atoms with Gasteiger partial charge in [0.25, 0.3) is 0 Å². The molecule has 2 aliphatic rings. The summed E-state index contributed by atoms with van der Waals surface area (Å²) in [5, 5.41) is 8.73. The molecule has 2 rings (SSSR count). The Bertz CT molecular complexity index is 314. The molecule has 0 amide bonds. The van der Waals surface area contributed by atoms with E-state index in [0.29, 0.717) is 0 Å². The Kier molecular flexibility index (Phi) is 1.85. The Labute approximate surface area is 82.9 Å². The summed E-state index contributed by atoms with van der Waals surface area (Å²) >= 11 is 7.96. The summed E-state index contributed by atoms with van der Waals surface area (Å²) in [7, 11) is 0. The molecule has 0 spiro atoms. The van der Waals surface area contributed by atoms with Gasteiger partial charge in [-0.3, -0.25) is 0 Å². The number of allylic oxidation sites excluding steroid dienone is 2. The van der Waals surface area contributed by atoms with Gasteiger partial charge in [0.2, 0.25) is 0 Å². The van der Waals surface area contributed by atoms with E-state index in [2.05, 4.69) is 32.8 Å². The van der Waals surface area contributed by atoms with E-state index in [0.717, 1.165) is 14.3 Å². The van der Waals surface area contributed by atoms with Crippen LogP contribution < -0.4 is 0 Å². The number of hydrogen-bond donors (Lipinski definition) is 0. The summed E-state index contributed by atoms with van der Waals surface area (Å²) in [6, 6.07) is 0.115. The maximum absolute atomic E-state index is 5.80. The Balaban J connectivity index is 2.46. The Hall–Kier alpha value is -0.160. The van der Waals surface area contributed by atoms with Gasteiger partial charge in [0, 0.05) is 10.6 Å². The molecular weight excluding hydrogens is 274 g/mol. The summed E-state index contributed by atoms with van der Waals surface area (Å²) < 4.78 is 0.940. The second-order valence-electron chi connectivity index (χ2n) is 2.29. The third-order valence-electron chi connectivity index (χ3n) is 1.56. The average Bonchev–Trinajstić information content (AvgIpc) is 2.33. The van der Waals surface area contributed by atoms with Crippen LogP contribution in [0.3, 0.4) is 0 Å². The predicted octanol–water partition coefficient (Wildman–Crippen LogP) is 3.16. The highest BCUT2D eigenvalue weighted by Crippen LogP contribution is 2.32. The van der Waals surface area contributed by atoms with Crippen LogP contribution in [0.2, 0.25) is 0 Å². The molecule has 0 radical (unpaired) electrons. The molecule has 1 aliphatic heterocycles. The van der Waals surface area contributed by atoms with Crippen molar-refractivity contribution in [3.63, 3.8) is 0 Å². The number of fused-ring (bicyclic) bond motifs is 1. The van der Waals surface area contributed by atoms with Crippen molar-refractivity contribution in [3.05, 3.63) is 32.5 Å². The molecule has 0 N–H and O–H groups in total. The number of rotatable bonds is 0. The Morgan fingerprint density at radius 2 is 2.36 bits per heavy atom. The fraction of sp³-hybridized carbons (Fsp3) is 0.143. The quantitative estimate of drug-likeness (QED) is 0.480. The van der Waals surface area contributed by atoms with Crippen LogP contribution in [-0.4, -0.2) is 6.04 Å². The molecule has 2 nitrogen and oxygen atoms in total. The second kappa shape index (κ2) is 2.71. The smallest absolute Gasteiger partial charge is 0.129 e. The third-order valence-corrected chi connectivity index (χ3v) is 2.63. The van der Waals surface area contributed by atoms with Gasteiger partial charge in [-0.2, -0.15) is 5.11 Å². The van der Waals surface area contributed by atoms with E-state index < -0.39 is 0 Å². The van der Waals surface area contributed by atoms with Crippen LogP contribution in [0.5, 0.6) is 0 Å². The summed E-state index contributed by atoms with van der Waals surface area (Å²) in [5.41, 5.74) is 1.11. The maximum Gasteiger partial charge on any atom is 0.129 e. The van der Waals surface area contributed by atoms with E-state index >= 15 is 0 Å². The molecule has 0 bridgehead atoms. The summed E-state index contributed by atoms with van der Waals surface area (Å²) in [5.74, 6) is 0. The van der Waals surface area contributed by atoms with E-state index in [1.165, 1.54) is 0 Å². The normalized spacial score (nSPS) is 27.5. The van der Waals surface area contributed by atoms with Crippen LogP contribution in [0.1, 0.15) is 0 Å². The molecule has 4 heteroatoms. The number of hydrogen-bond acceptors (Lipinski definition) is 2. The highest BCUT2D eigenvalue weighted by atomic mass is 127. The first-order chi connectivity index (χ1) is 5.27. The van der Waals surface area contributed by atoms with Crippen LogP contribution in [0, 0.1) is 0 Å². The molecule has 0 aromatic rings. The van der Waals surface area contributed by atoms with E-state index in [4.69, 9.17) is 11.6 Å². The first-order valence-corrected chi connectivity index (χ1v) is 4.59. The highest BCUT2D eigenvalue weighted by Gasteiger charge is 2.20. The number of nitrogens with zero attached hydrogens (tertiary/aromatic N) is 2. The van der Waals surface area contributed by atoms with Crippen LogP contribution in [0.25, 0.3) is 0 Å². The summed E-state index contributed by atoms with van der Waals surface area (Å²) in [6.45, 7) is 0. The lowest BCUT2D eigenvalue weighted by atomic mass is 10.1. The van der Waals surface area contributed by atoms with E-state index in [-0.39, 0.29) is 6.04 Å². The molecule has 56 valence electrons. The minimum absolute atomic E-state index is 0.115. The fourth-order valence-electron chi connectivity index (χ4n) is 1.02. The topological polar surface area (TPSA) is 24.7 Å². The second-order valence-corrected chi connectivity index (χ2v) is 3.75. The number of azo groups is 1. The Morgan fingerprint density at radius 3 is 3.18 bits per heavy atom. The standard InChI is InChI=1S/C7H4ClIN2/c8-4-1-2-6-5(3-4)7(9)11-10-6/h1-3,6H/t6-/m0/s1. The van der Waals surface area contributed by atoms with Crippen LogP contribution in [0.15, 0.2) is 42.8 Å². The molecule has 1 atom stereocenters. The van der Waals surface area contributed by atoms with Crippen LogP contribution in [-0.2, 0) is 0 Å². The van der Waals surface area contributed by atoms with Crippen LogP contribution >= 0.6 is 34.2 Å². The van der Waals surface area contributed by atoms with Crippen molar-refractivity contribution in [2.24, 2.45) is 10.2 Å². The predicted molar refractivity (Wildman–Crippen MR) is 52.8 cm³/mol. The number of halogens is 2. The van der Waals surface area contributed by atoms with Gasteiger partial charge >= 0.3 is 0 Å². The molecule has 0 aromatic heterocycles. The monoisotopic (exact) mass is 278 g/mol. The fourth-order valence-corrected chi connectivity index (χ4v) is 1.81. The lowest BCUT2D eigenvalue weighted by molar-refractivity contribution is 0.944. The van der Waals surface area contributed by atoms with Crippen molar-refractivity contribution in [1.29, 1.82) is 0 Å². The van der Waals surface area contributed by atoms with Gasteiger partial charge in [0.05, 0.1) is 0 Å². The van der Waals surface area contributed by atoms with Gasteiger partial charge in [-0.1, -0.05) is 17.7 Å². The van der Waals surface area contributed by atoms with Crippen molar-refractivity contribution in [1.82, 2.24) is 0 Å². The van der Waals surface area contributed by atoms with Crippen molar-refractivity contribution in [2.75, 3.05) is 0 Å². The van der Waals surface area contributed by atoms with Crippen molar-refractivity contribution >= 4 is 34.2 Å².